The van der Waals surface area contributed by atoms with Gasteiger partial charge in [0.1, 0.15) is 6.07 Å². The Morgan fingerprint density at radius 3 is 2.59 bits per heavy atom. The monoisotopic (exact) mass is 299 g/mol. The lowest BCUT2D eigenvalue weighted by molar-refractivity contribution is 0.329. The first-order valence-electron chi connectivity index (χ1n) is 7.17. The van der Waals surface area contributed by atoms with Gasteiger partial charge in [0.05, 0.1) is 0 Å². The normalized spacial score (nSPS) is 15.6. The quantitative estimate of drug-likeness (QED) is 0.833. The number of rotatable bonds is 3. The molecule has 0 atom stereocenters. The van der Waals surface area contributed by atoms with Gasteiger partial charge >= 0.3 is 0 Å². The third-order valence-corrected chi connectivity index (χ3v) is 3.76. The maximum absolute atomic E-state index is 8.75. The van der Waals surface area contributed by atoms with E-state index >= 15 is 0 Å². The first-order chi connectivity index (χ1) is 10.7. The van der Waals surface area contributed by atoms with E-state index in [1.165, 1.54) is 0 Å². The van der Waals surface area contributed by atoms with Crippen LogP contribution in [0.2, 0.25) is 0 Å². The first-order valence-corrected chi connectivity index (χ1v) is 7.17. The molecule has 8 nitrogen and oxygen atoms in total. The van der Waals surface area contributed by atoms with Gasteiger partial charge in [0.2, 0.25) is 5.89 Å². The van der Waals surface area contributed by atoms with Gasteiger partial charge in [0.15, 0.2) is 11.5 Å². The Hall–Kier alpha value is -2.69. The smallest absolute Gasteiger partial charge is 0.265 e. The average Bonchev–Trinajstić information content (AvgIpc) is 3.05. The van der Waals surface area contributed by atoms with Crippen LogP contribution in [0.25, 0.3) is 0 Å². The van der Waals surface area contributed by atoms with Crippen LogP contribution in [0.1, 0.15) is 30.3 Å². The third kappa shape index (κ3) is 2.83. The van der Waals surface area contributed by atoms with Gasteiger partial charge in [-0.15, -0.1) is 10.2 Å². The molecule has 1 fully saturated rings. The highest BCUT2D eigenvalue weighted by Gasteiger charge is 2.26. The summed E-state index contributed by atoms with van der Waals surface area (Å²) in [6.45, 7) is 1.70. The molecular weight excluding hydrogens is 282 g/mol. The Labute approximate surface area is 128 Å². The maximum Gasteiger partial charge on any atom is 0.265 e. The molecule has 2 aromatic heterocycles. The second kappa shape index (κ2) is 5.97. The van der Waals surface area contributed by atoms with Crippen molar-refractivity contribution in [1.82, 2.24) is 20.3 Å². The predicted molar refractivity (Wildman–Crippen MR) is 79.6 cm³/mol. The van der Waals surface area contributed by atoms with Gasteiger partial charge in [0.25, 0.3) is 5.95 Å². The fourth-order valence-electron chi connectivity index (χ4n) is 2.48. The van der Waals surface area contributed by atoms with Crippen molar-refractivity contribution in [2.45, 2.75) is 18.8 Å². The third-order valence-electron chi connectivity index (χ3n) is 3.76. The van der Waals surface area contributed by atoms with Crippen LogP contribution >= 0.6 is 0 Å². The van der Waals surface area contributed by atoms with Crippen molar-refractivity contribution >= 4 is 11.8 Å². The highest BCUT2D eigenvalue weighted by Crippen LogP contribution is 2.29. The summed E-state index contributed by atoms with van der Waals surface area (Å²) in [4.78, 5) is 8.41. The van der Waals surface area contributed by atoms with Crippen LogP contribution in [0.15, 0.2) is 16.7 Å². The second-order valence-electron chi connectivity index (χ2n) is 5.48. The largest absolute Gasteiger partial charge is 0.355 e. The molecular formula is C14H17N7O. The van der Waals surface area contributed by atoms with Crippen molar-refractivity contribution in [3.05, 3.63) is 23.7 Å². The first kappa shape index (κ1) is 14.3. The van der Waals surface area contributed by atoms with Crippen molar-refractivity contribution in [3.8, 4) is 6.07 Å². The Balaban J connectivity index is 1.63. The van der Waals surface area contributed by atoms with E-state index < -0.39 is 0 Å². The van der Waals surface area contributed by atoms with Crippen LogP contribution in [-0.4, -0.2) is 47.5 Å². The Bertz CT molecular complexity index is 665. The van der Waals surface area contributed by atoms with Crippen LogP contribution in [0, 0.1) is 11.3 Å². The summed E-state index contributed by atoms with van der Waals surface area (Å²) < 4.78 is 5.35. The molecule has 2 aromatic rings. The summed E-state index contributed by atoms with van der Waals surface area (Å²) in [5.74, 6) is 2.39. The van der Waals surface area contributed by atoms with Crippen molar-refractivity contribution in [2.75, 3.05) is 37.0 Å². The molecule has 0 unspecified atom stereocenters. The van der Waals surface area contributed by atoms with E-state index in [0.29, 0.717) is 17.5 Å². The molecule has 0 bridgehead atoms. The highest BCUT2D eigenvalue weighted by atomic mass is 16.5. The molecule has 22 heavy (non-hydrogen) atoms. The van der Waals surface area contributed by atoms with Gasteiger partial charge in [-0.05, 0) is 30.1 Å². The van der Waals surface area contributed by atoms with Gasteiger partial charge in [-0.25, -0.2) is 0 Å². The number of nitrogens with zero attached hydrogens (tertiary/aromatic N) is 7. The number of hydrogen-bond donors (Lipinski definition) is 0. The van der Waals surface area contributed by atoms with E-state index in [0.717, 1.165) is 31.7 Å². The van der Waals surface area contributed by atoms with Gasteiger partial charge in [-0.1, -0.05) is 0 Å². The van der Waals surface area contributed by atoms with Crippen molar-refractivity contribution < 1.29 is 4.52 Å². The fourth-order valence-corrected chi connectivity index (χ4v) is 2.48. The lowest BCUT2D eigenvalue weighted by Crippen LogP contribution is -2.33. The molecule has 0 aliphatic carbocycles. The van der Waals surface area contributed by atoms with Crippen molar-refractivity contribution in [2.24, 2.45) is 0 Å². The summed E-state index contributed by atoms with van der Waals surface area (Å²) in [5.41, 5.74) is 0.334. The lowest BCUT2D eigenvalue weighted by Gasteiger charge is -2.30. The van der Waals surface area contributed by atoms with E-state index in [1.54, 1.807) is 6.07 Å². The Morgan fingerprint density at radius 1 is 1.27 bits per heavy atom. The van der Waals surface area contributed by atoms with Crippen molar-refractivity contribution in [1.29, 1.82) is 5.26 Å². The summed E-state index contributed by atoms with van der Waals surface area (Å²) >= 11 is 0. The number of nitriles is 1. The Morgan fingerprint density at radius 2 is 2.05 bits per heavy atom. The number of piperidine rings is 1. The molecule has 0 amide bonds. The topological polar surface area (TPSA) is 95.0 Å². The van der Waals surface area contributed by atoms with E-state index in [-0.39, 0.29) is 5.92 Å². The minimum atomic E-state index is 0.281. The van der Waals surface area contributed by atoms with Crippen LogP contribution in [0.3, 0.4) is 0 Å². The number of aromatic nitrogens is 4. The molecule has 3 rings (SSSR count). The molecule has 1 aliphatic rings. The summed E-state index contributed by atoms with van der Waals surface area (Å²) in [7, 11) is 3.78. The van der Waals surface area contributed by atoms with E-state index in [1.807, 2.05) is 31.1 Å². The van der Waals surface area contributed by atoms with E-state index in [2.05, 4.69) is 25.2 Å². The van der Waals surface area contributed by atoms with Gasteiger partial charge < -0.3 is 14.3 Å². The zero-order valence-electron chi connectivity index (χ0n) is 12.6. The summed E-state index contributed by atoms with van der Waals surface area (Å²) in [6.07, 6.45) is 1.85. The maximum atomic E-state index is 8.75. The number of anilines is 2. The zero-order valence-corrected chi connectivity index (χ0v) is 12.6. The summed E-state index contributed by atoms with van der Waals surface area (Å²) in [6, 6.07) is 5.50. The van der Waals surface area contributed by atoms with Gasteiger partial charge in [-0.3, -0.25) is 0 Å². The molecule has 0 saturated carbocycles. The van der Waals surface area contributed by atoms with Crippen LogP contribution in [0.4, 0.5) is 11.8 Å². The molecule has 1 saturated heterocycles. The fraction of sp³-hybridized carbons (Fsp3) is 0.500. The minimum absolute atomic E-state index is 0.281. The van der Waals surface area contributed by atoms with Crippen molar-refractivity contribution in [3.63, 3.8) is 0 Å². The molecule has 8 heteroatoms. The summed E-state index contributed by atoms with van der Waals surface area (Å²) in [5, 5.41) is 20.7. The standard InChI is InChI=1S/C14H17N7O/c1-20(2)14-16-13(22-19-14)10-5-7-21(8-6-10)12-4-3-11(9-15)17-18-12/h3-4,10H,5-8H2,1-2H3. The average molecular weight is 299 g/mol. The van der Waals surface area contributed by atoms with Crippen LogP contribution in [-0.2, 0) is 0 Å². The molecule has 0 aromatic carbocycles. The highest BCUT2D eigenvalue weighted by molar-refractivity contribution is 5.39. The minimum Gasteiger partial charge on any atom is -0.355 e. The van der Waals surface area contributed by atoms with Crippen LogP contribution in [0.5, 0.6) is 0 Å². The van der Waals surface area contributed by atoms with Gasteiger partial charge in [0, 0.05) is 33.1 Å². The molecule has 1 aliphatic heterocycles. The zero-order chi connectivity index (χ0) is 15.5. The Kier molecular flexibility index (Phi) is 3.87. The number of hydrogen-bond acceptors (Lipinski definition) is 8. The SMILES string of the molecule is CN(C)c1noc(C2CCN(c3ccc(C#N)nn3)CC2)n1. The molecule has 0 spiro atoms. The van der Waals surface area contributed by atoms with E-state index in [4.69, 9.17) is 9.78 Å². The molecule has 0 radical (unpaired) electrons. The molecule has 3 heterocycles. The molecule has 114 valence electrons. The van der Waals surface area contributed by atoms with Crippen LogP contribution < -0.4 is 9.80 Å². The predicted octanol–water partition coefficient (Wildman–Crippen LogP) is 1.18. The van der Waals surface area contributed by atoms with E-state index in [9.17, 15) is 0 Å². The lowest BCUT2D eigenvalue weighted by atomic mass is 9.97. The van der Waals surface area contributed by atoms with Gasteiger partial charge in [-0.2, -0.15) is 10.2 Å². The second-order valence-corrected chi connectivity index (χ2v) is 5.48. The molecule has 0 N–H and O–H groups in total.